The third-order valence-electron chi connectivity index (χ3n) is 1.81. The summed E-state index contributed by atoms with van der Waals surface area (Å²) >= 11 is 0. The standard InChI is InChI=1S/C9H14N2/c1-4-9-7(2)5-10-8(3)6-11-9/h5-7H,4H2,1-3H3. The SMILES string of the molecule is CCC1=NC=C(C)N=CC1C. The second kappa shape index (κ2) is 3.46. The molecular formula is C9H14N2. The van der Waals surface area contributed by atoms with Crippen molar-refractivity contribution in [2.75, 3.05) is 0 Å². The summed E-state index contributed by atoms with van der Waals surface area (Å²) in [6, 6.07) is 0. The molecular weight excluding hydrogens is 136 g/mol. The van der Waals surface area contributed by atoms with Crippen LogP contribution in [-0.4, -0.2) is 11.9 Å². The van der Waals surface area contributed by atoms with Gasteiger partial charge in [-0.2, -0.15) is 0 Å². The molecule has 1 rings (SSSR count). The maximum atomic E-state index is 4.33. The van der Waals surface area contributed by atoms with E-state index in [1.54, 1.807) is 0 Å². The van der Waals surface area contributed by atoms with E-state index in [9.17, 15) is 0 Å². The van der Waals surface area contributed by atoms with E-state index in [4.69, 9.17) is 0 Å². The van der Waals surface area contributed by atoms with Gasteiger partial charge in [0.2, 0.25) is 0 Å². The van der Waals surface area contributed by atoms with E-state index in [0.29, 0.717) is 5.92 Å². The number of hydrogen-bond acceptors (Lipinski definition) is 2. The molecule has 0 aliphatic carbocycles. The maximum absolute atomic E-state index is 4.33. The molecule has 0 radical (unpaired) electrons. The first-order valence-electron chi connectivity index (χ1n) is 4.01. The molecule has 1 aliphatic heterocycles. The van der Waals surface area contributed by atoms with Gasteiger partial charge in [0.1, 0.15) is 0 Å². The van der Waals surface area contributed by atoms with E-state index < -0.39 is 0 Å². The van der Waals surface area contributed by atoms with Gasteiger partial charge in [-0.25, -0.2) is 0 Å². The van der Waals surface area contributed by atoms with Crippen LogP contribution >= 0.6 is 0 Å². The average molecular weight is 150 g/mol. The van der Waals surface area contributed by atoms with Crippen molar-refractivity contribution in [3.63, 3.8) is 0 Å². The molecule has 0 fully saturated rings. The zero-order valence-electron chi connectivity index (χ0n) is 7.33. The van der Waals surface area contributed by atoms with Crippen LogP contribution in [0, 0.1) is 5.92 Å². The Morgan fingerprint density at radius 2 is 2.27 bits per heavy atom. The van der Waals surface area contributed by atoms with Gasteiger partial charge in [0.25, 0.3) is 0 Å². The van der Waals surface area contributed by atoms with Crippen LogP contribution < -0.4 is 0 Å². The van der Waals surface area contributed by atoms with Gasteiger partial charge >= 0.3 is 0 Å². The van der Waals surface area contributed by atoms with Gasteiger partial charge in [0.15, 0.2) is 0 Å². The second-order valence-corrected chi connectivity index (χ2v) is 2.81. The largest absolute Gasteiger partial charge is 0.264 e. The van der Waals surface area contributed by atoms with Crippen LogP contribution in [0.25, 0.3) is 0 Å². The van der Waals surface area contributed by atoms with Gasteiger partial charge in [0.05, 0.1) is 5.70 Å². The smallest absolute Gasteiger partial charge is 0.0551 e. The number of nitrogens with zero attached hydrogens (tertiary/aromatic N) is 2. The van der Waals surface area contributed by atoms with Crippen LogP contribution in [0.1, 0.15) is 27.2 Å². The normalized spacial score (nSPS) is 24.1. The highest BCUT2D eigenvalue weighted by atomic mass is 14.8. The Hall–Kier alpha value is -0.920. The number of allylic oxidation sites excluding steroid dienone is 1. The Morgan fingerprint density at radius 3 is 2.91 bits per heavy atom. The highest BCUT2D eigenvalue weighted by Gasteiger charge is 2.06. The molecule has 60 valence electrons. The predicted molar refractivity (Wildman–Crippen MR) is 49.1 cm³/mol. The second-order valence-electron chi connectivity index (χ2n) is 2.81. The molecule has 0 aromatic heterocycles. The lowest BCUT2D eigenvalue weighted by molar-refractivity contribution is 1.03. The third kappa shape index (κ3) is 2.00. The summed E-state index contributed by atoms with van der Waals surface area (Å²) in [5, 5.41) is 0. The van der Waals surface area contributed by atoms with E-state index in [2.05, 4.69) is 23.8 Å². The minimum Gasteiger partial charge on any atom is -0.264 e. The lowest BCUT2D eigenvalue weighted by atomic mass is 10.1. The fourth-order valence-corrected chi connectivity index (χ4v) is 1.06. The molecule has 1 aliphatic rings. The minimum absolute atomic E-state index is 0.397. The van der Waals surface area contributed by atoms with E-state index in [1.165, 1.54) is 5.71 Å². The van der Waals surface area contributed by atoms with E-state index in [0.717, 1.165) is 12.1 Å². The summed E-state index contributed by atoms with van der Waals surface area (Å²) in [4.78, 5) is 8.56. The van der Waals surface area contributed by atoms with Crippen molar-refractivity contribution in [2.24, 2.45) is 15.9 Å². The number of hydrogen-bond donors (Lipinski definition) is 0. The summed E-state index contributed by atoms with van der Waals surface area (Å²) < 4.78 is 0. The maximum Gasteiger partial charge on any atom is 0.0551 e. The Balaban J connectivity index is 2.86. The quantitative estimate of drug-likeness (QED) is 0.548. The first kappa shape index (κ1) is 8.18. The van der Waals surface area contributed by atoms with E-state index in [1.807, 2.05) is 19.3 Å². The molecule has 0 aromatic rings. The van der Waals surface area contributed by atoms with Crippen molar-refractivity contribution < 1.29 is 0 Å². The first-order chi connectivity index (χ1) is 5.24. The molecule has 1 heterocycles. The van der Waals surface area contributed by atoms with E-state index in [-0.39, 0.29) is 0 Å². The molecule has 0 saturated heterocycles. The fourth-order valence-electron chi connectivity index (χ4n) is 1.06. The topological polar surface area (TPSA) is 24.7 Å². The fraction of sp³-hybridized carbons (Fsp3) is 0.556. The van der Waals surface area contributed by atoms with Crippen molar-refractivity contribution >= 4 is 11.9 Å². The van der Waals surface area contributed by atoms with Gasteiger partial charge in [-0.15, -0.1) is 0 Å². The molecule has 2 heteroatoms. The summed E-state index contributed by atoms with van der Waals surface area (Å²) in [7, 11) is 0. The first-order valence-corrected chi connectivity index (χ1v) is 4.01. The van der Waals surface area contributed by atoms with Crippen molar-refractivity contribution in [3.05, 3.63) is 11.9 Å². The third-order valence-corrected chi connectivity index (χ3v) is 1.81. The van der Waals surface area contributed by atoms with Gasteiger partial charge < -0.3 is 0 Å². The Bertz CT molecular complexity index is 224. The Morgan fingerprint density at radius 1 is 1.55 bits per heavy atom. The summed E-state index contributed by atoms with van der Waals surface area (Å²) in [6.07, 6.45) is 4.80. The highest BCUT2D eigenvalue weighted by molar-refractivity contribution is 5.99. The molecule has 0 N–H and O–H groups in total. The predicted octanol–water partition coefficient (Wildman–Crippen LogP) is 2.42. The van der Waals surface area contributed by atoms with Crippen molar-refractivity contribution in [3.8, 4) is 0 Å². The molecule has 2 nitrogen and oxygen atoms in total. The average Bonchev–Trinajstić information content (AvgIpc) is 2.15. The van der Waals surface area contributed by atoms with Crippen molar-refractivity contribution in [1.29, 1.82) is 0 Å². The Labute approximate surface area is 67.8 Å². The zero-order chi connectivity index (χ0) is 8.27. The van der Waals surface area contributed by atoms with Gasteiger partial charge in [-0.05, 0) is 13.3 Å². The minimum atomic E-state index is 0.397. The van der Waals surface area contributed by atoms with Crippen molar-refractivity contribution in [2.45, 2.75) is 27.2 Å². The van der Waals surface area contributed by atoms with Gasteiger partial charge in [-0.3, -0.25) is 9.98 Å². The monoisotopic (exact) mass is 150 g/mol. The van der Waals surface area contributed by atoms with Crippen molar-refractivity contribution in [1.82, 2.24) is 0 Å². The van der Waals surface area contributed by atoms with Crippen LogP contribution in [0.3, 0.4) is 0 Å². The van der Waals surface area contributed by atoms with Crippen LogP contribution in [-0.2, 0) is 0 Å². The molecule has 0 saturated carbocycles. The van der Waals surface area contributed by atoms with Crippen LogP contribution in [0.2, 0.25) is 0 Å². The molecule has 0 amide bonds. The molecule has 0 spiro atoms. The lowest BCUT2D eigenvalue weighted by Gasteiger charge is -2.03. The van der Waals surface area contributed by atoms with Crippen LogP contribution in [0.15, 0.2) is 21.9 Å². The zero-order valence-corrected chi connectivity index (χ0v) is 7.33. The van der Waals surface area contributed by atoms with Crippen LogP contribution in [0.5, 0.6) is 0 Å². The van der Waals surface area contributed by atoms with Gasteiger partial charge in [0, 0.05) is 24.0 Å². The Kier molecular flexibility index (Phi) is 2.58. The summed E-state index contributed by atoms with van der Waals surface area (Å²) in [5.41, 5.74) is 2.20. The summed E-state index contributed by atoms with van der Waals surface area (Å²) in [6.45, 7) is 6.21. The molecule has 0 aromatic carbocycles. The molecule has 1 atom stereocenters. The number of aliphatic imine (C=N–C) groups is 2. The summed E-state index contributed by atoms with van der Waals surface area (Å²) in [5.74, 6) is 0.397. The van der Waals surface area contributed by atoms with E-state index >= 15 is 0 Å². The molecule has 0 bridgehead atoms. The molecule has 1 unspecified atom stereocenters. The van der Waals surface area contributed by atoms with Gasteiger partial charge in [-0.1, -0.05) is 13.8 Å². The number of rotatable bonds is 1. The highest BCUT2D eigenvalue weighted by Crippen LogP contribution is 2.07. The lowest BCUT2D eigenvalue weighted by Crippen LogP contribution is -2.09. The van der Waals surface area contributed by atoms with Crippen LogP contribution in [0.4, 0.5) is 0 Å². The molecule has 11 heavy (non-hydrogen) atoms.